The lowest BCUT2D eigenvalue weighted by atomic mass is 9.89. The van der Waals surface area contributed by atoms with Crippen LogP contribution in [0, 0.1) is 12.8 Å². The van der Waals surface area contributed by atoms with E-state index in [4.69, 9.17) is 0 Å². The van der Waals surface area contributed by atoms with Gasteiger partial charge in [0.15, 0.2) is 0 Å². The molecule has 0 saturated heterocycles. The molecule has 1 nitrogen and oxygen atoms in total. The summed E-state index contributed by atoms with van der Waals surface area (Å²) in [6.07, 6.45) is 2.40. The van der Waals surface area contributed by atoms with Crippen molar-refractivity contribution in [1.29, 1.82) is 0 Å². The zero-order chi connectivity index (χ0) is 10.1. The van der Waals surface area contributed by atoms with Crippen LogP contribution in [0.2, 0.25) is 0 Å². The molecule has 1 aromatic rings. The molecule has 0 amide bonds. The smallest absolute Gasteiger partial charge is 0.0462 e. The predicted molar refractivity (Wildman–Crippen MR) is 58.5 cm³/mol. The fourth-order valence-corrected chi connectivity index (χ4v) is 2.50. The maximum atomic E-state index is 9.18. The normalized spacial score (nSPS) is 22.1. The van der Waals surface area contributed by atoms with Crippen LogP contribution >= 0.6 is 0 Å². The molecule has 2 unspecified atom stereocenters. The topological polar surface area (TPSA) is 20.2 Å². The Bertz CT molecular complexity index is 330. The Hall–Kier alpha value is -0.820. The highest BCUT2D eigenvalue weighted by atomic mass is 16.3. The Morgan fingerprint density at radius 1 is 1.50 bits per heavy atom. The molecule has 0 aromatic heterocycles. The fraction of sp³-hybridized carbons (Fsp3) is 0.538. The van der Waals surface area contributed by atoms with Gasteiger partial charge in [-0.15, -0.1) is 0 Å². The molecule has 0 saturated carbocycles. The van der Waals surface area contributed by atoms with Crippen molar-refractivity contribution >= 4 is 0 Å². The molecule has 0 spiro atoms. The molecule has 2 atom stereocenters. The van der Waals surface area contributed by atoms with Gasteiger partial charge in [0.2, 0.25) is 0 Å². The Morgan fingerprint density at radius 2 is 2.29 bits per heavy atom. The van der Waals surface area contributed by atoms with E-state index >= 15 is 0 Å². The van der Waals surface area contributed by atoms with Gasteiger partial charge in [-0.05, 0) is 42.7 Å². The number of aliphatic hydroxyl groups is 1. The van der Waals surface area contributed by atoms with Gasteiger partial charge in [-0.2, -0.15) is 0 Å². The van der Waals surface area contributed by atoms with Crippen molar-refractivity contribution in [2.45, 2.75) is 32.6 Å². The number of hydrogen-bond donors (Lipinski definition) is 1. The number of benzene rings is 1. The first kappa shape index (κ1) is 9.72. The molecule has 14 heavy (non-hydrogen) atoms. The van der Waals surface area contributed by atoms with Gasteiger partial charge in [-0.3, -0.25) is 0 Å². The van der Waals surface area contributed by atoms with Gasteiger partial charge in [0, 0.05) is 6.61 Å². The Morgan fingerprint density at radius 3 is 3.00 bits per heavy atom. The number of aryl methyl sites for hydroxylation is 2. The third kappa shape index (κ3) is 1.57. The SMILES string of the molecule is Cc1ccc2c(c1)CCC2C(C)CO. The first-order valence-electron chi connectivity index (χ1n) is 5.42. The van der Waals surface area contributed by atoms with Gasteiger partial charge in [0.1, 0.15) is 0 Å². The summed E-state index contributed by atoms with van der Waals surface area (Å²) in [6, 6.07) is 6.72. The van der Waals surface area contributed by atoms with Crippen LogP contribution in [0.1, 0.15) is 36.0 Å². The van der Waals surface area contributed by atoms with Crippen molar-refractivity contribution in [3.8, 4) is 0 Å². The summed E-state index contributed by atoms with van der Waals surface area (Å²) >= 11 is 0. The lowest BCUT2D eigenvalue weighted by Crippen LogP contribution is -2.10. The third-order valence-electron chi connectivity index (χ3n) is 3.40. The third-order valence-corrected chi connectivity index (χ3v) is 3.40. The van der Waals surface area contributed by atoms with E-state index in [1.165, 1.54) is 29.5 Å². The van der Waals surface area contributed by atoms with Crippen molar-refractivity contribution in [1.82, 2.24) is 0 Å². The van der Waals surface area contributed by atoms with Crippen LogP contribution in [0.3, 0.4) is 0 Å². The van der Waals surface area contributed by atoms with Crippen molar-refractivity contribution in [3.63, 3.8) is 0 Å². The monoisotopic (exact) mass is 190 g/mol. The second-order valence-corrected chi connectivity index (χ2v) is 4.51. The standard InChI is InChI=1S/C13H18O/c1-9-3-5-13-11(7-9)4-6-12(13)10(2)8-14/h3,5,7,10,12,14H,4,6,8H2,1-2H3. The molecule has 0 bridgehead atoms. The molecule has 0 heterocycles. The van der Waals surface area contributed by atoms with Gasteiger partial charge >= 0.3 is 0 Å². The highest BCUT2D eigenvalue weighted by Gasteiger charge is 2.26. The number of rotatable bonds is 2. The van der Waals surface area contributed by atoms with Crippen LogP contribution in [0.25, 0.3) is 0 Å². The summed E-state index contributed by atoms with van der Waals surface area (Å²) in [7, 11) is 0. The highest BCUT2D eigenvalue weighted by Crippen LogP contribution is 2.38. The van der Waals surface area contributed by atoms with Crippen molar-refractivity contribution < 1.29 is 5.11 Å². The van der Waals surface area contributed by atoms with E-state index < -0.39 is 0 Å². The van der Waals surface area contributed by atoms with E-state index in [1.54, 1.807) is 0 Å². The molecular formula is C13H18O. The fourth-order valence-electron chi connectivity index (χ4n) is 2.50. The minimum absolute atomic E-state index is 0.304. The predicted octanol–water partition coefficient (Wildman–Crippen LogP) is 2.65. The first-order valence-corrected chi connectivity index (χ1v) is 5.42. The van der Waals surface area contributed by atoms with E-state index in [2.05, 4.69) is 32.0 Å². The van der Waals surface area contributed by atoms with Crippen LogP contribution in [0.4, 0.5) is 0 Å². The van der Waals surface area contributed by atoms with Gasteiger partial charge in [0.05, 0.1) is 0 Å². The van der Waals surface area contributed by atoms with Crippen LogP contribution in [-0.4, -0.2) is 11.7 Å². The van der Waals surface area contributed by atoms with Crippen molar-refractivity contribution in [2.75, 3.05) is 6.61 Å². The van der Waals surface area contributed by atoms with E-state index in [1.807, 2.05) is 0 Å². The first-order chi connectivity index (χ1) is 6.72. The molecule has 1 N–H and O–H groups in total. The number of hydrogen-bond acceptors (Lipinski definition) is 1. The molecular weight excluding hydrogens is 172 g/mol. The maximum Gasteiger partial charge on any atom is 0.0462 e. The molecule has 1 heteroatoms. The molecule has 2 rings (SSSR count). The van der Waals surface area contributed by atoms with E-state index in [0.29, 0.717) is 18.4 Å². The molecule has 1 aliphatic carbocycles. The lowest BCUT2D eigenvalue weighted by Gasteiger charge is -2.17. The second-order valence-electron chi connectivity index (χ2n) is 4.51. The Balaban J connectivity index is 2.31. The van der Waals surface area contributed by atoms with Gasteiger partial charge in [-0.25, -0.2) is 0 Å². The van der Waals surface area contributed by atoms with E-state index in [-0.39, 0.29) is 0 Å². The van der Waals surface area contributed by atoms with Crippen LogP contribution in [0.15, 0.2) is 18.2 Å². The highest BCUT2D eigenvalue weighted by molar-refractivity contribution is 5.38. The summed E-state index contributed by atoms with van der Waals surface area (Å²) < 4.78 is 0. The molecule has 0 radical (unpaired) electrons. The summed E-state index contributed by atoms with van der Waals surface area (Å²) in [5.41, 5.74) is 4.31. The van der Waals surface area contributed by atoms with E-state index in [9.17, 15) is 5.11 Å². The zero-order valence-electron chi connectivity index (χ0n) is 8.96. The van der Waals surface area contributed by atoms with Crippen molar-refractivity contribution in [2.24, 2.45) is 5.92 Å². The number of fused-ring (bicyclic) bond motifs is 1. The van der Waals surface area contributed by atoms with Gasteiger partial charge < -0.3 is 5.11 Å². The van der Waals surface area contributed by atoms with Gasteiger partial charge in [0.25, 0.3) is 0 Å². The summed E-state index contributed by atoms with van der Waals surface area (Å²) in [5, 5.41) is 9.18. The molecule has 1 aromatic carbocycles. The second kappa shape index (κ2) is 3.74. The molecule has 0 aliphatic heterocycles. The minimum atomic E-state index is 0.304. The quantitative estimate of drug-likeness (QED) is 0.760. The molecule has 0 fully saturated rings. The molecule has 76 valence electrons. The van der Waals surface area contributed by atoms with Crippen LogP contribution in [0.5, 0.6) is 0 Å². The summed E-state index contributed by atoms with van der Waals surface area (Å²) in [5.74, 6) is 0.981. The molecule has 1 aliphatic rings. The van der Waals surface area contributed by atoms with E-state index in [0.717, 1.165) is 0 Å². The lowest BCUT2D eigenvalue weighted by molar-refractivity contribution is 0.215. The van der Waals surface area contributed by atoms with Crippen molar-refractivity contribution in [3.05, 3.63) is 34.9 Å². The maximum absolute atomic E-state index is 9.18. The van der Waals surface area contributed by atoms with Crippen LogP contribution in [-0.2, 0) is 6.42 Å². The Labute approximate surface area is 85.8 Å². The summed E-state index contributed by atoms with van der Waals surface area (Å²) in [4.78, 5) is 0. The van der Waals surface area contributed by atoms with Crippen LogP contribution < -0.4 is 0 Å². The number of aliphatic hydroxyl groups excluding tert-OH is 1. The van der Waals surface area contributed by atoms with Gasteiger partial charge in [-0.1, -0.05) is 30.7 Å². The average Bonchev–Trinajstić information content (AvgIpc) is 2.59. The zero-order valence-corrected chi connectivity index (χ0v) is 8.96. The average molecular weight is 190 g/mol. The summed E-state index contributed by atoms with van der Waals surface area (Å²) in [6.45, 7) is 4.58. The minimum Gasteiger partial charge on any atom is -0.396 e. The Kier molecular flexibility index (Phi) is 2.60. The largest absolute Gasteiger partial charge is 0.396 e.